The molecule has 9 heteroatoms. The van der Waals surface area contributed by atoms with E-state index in [-0.39, 0.29) is 15.6 Å². The molecule has 0 unspecified atom stereocenters. The summed E-state index contributed by atoms with van der Waals surface area (Å²) in [5, 5.41) is 12.4. The zero-order valence-electron chi connectivity index (χ0n) is 10.8. The molecule has 3 aromatic rings. The van der Waals surface area contributed by atoms with Crippen molar-refractivity contribution in [2.45, 2.75) is 0 Å². The average molecular weight is 339 g/mol. The summed E-state index contributed by atoms with van der Waals surface area (Å²) >= 11 is 6.69. The Balaban J connectivity index is 2.10. The Morgan fingerprint density at radius 1 is 1.41 bits per heavy atom. The first-order chi connectivity index (χ1) is 10.5. The third-order valence-corrected chi connectivity index (χ3v) is 4.29. The molecule has 0 spiro atoms. The number of carboxylic acid groups (broad SMARTS) is 1. The third kappa shape index (κ3) is 2.42. The fraction of sp³-hybridized carbons (Fsp3) is 0. The lowest BCUT2D eigenvalue weighted by atomic mass is 10.2. The highest BCUT2D eigenvalue weighted by molar-refractivity contribution is 7.21. The zero-order valence-corrected chi connectivity index (χ0v) is 12.4. The average Bonchev–Trinajstić information content (AvgIpc) is 2.81. The van der Waals surface area contributed by atoms with Gasteiger partial charge < -0.3 is 16.2 Å². The van der Waals surface area contributed by atoms with Crippen molar-refractivity contribution in [1.29, 1.82) is 0 Å². The molecule has 0 aliphatic rings. The van der Waals surface area contributed by atoms with Crippen LogP contribution >= 0.6 is 22.9 Å². The molecule has 0 atom stereocenters. The number of carbonyl (C=O) groups is 1. The summed E-state index contributed by atoms with van der Waals surface area (Å²) < 4.78 is 13.2. The number of nitrogens with two attached hydrogens (primary N) is 1. The molecule has 0 radical (unpaired) electrons. The molecule has 2 aromatic heterocycles. The van der Waals surface area contributed by atoms with E-state index >= 15 is 0 Å². The van der Waals surface area contributed by atoms with Gasteiger partial charge in [-0.15, -0.1) is 11.3 Å². The number of nitrogen functional groups attached to an aromatic ring is 1. The van der Waals surface area contributed by atoms with Crippen molar-refractivity contribution < 1.29 is 14.3 Å². The molecular formula is C13H8ClFN4O2S. The standard InChI is InChI=1S/C13H8ClFN4O2S/c14-6-3-5(1-2-7(6)15)19-11-8-9(16)10(13(20)21)22-12(8)18-4-17-11/h1-4H,16H2,(H,20,21)(H,17,18,19). The number of aromatic nitrogens is 2. The summed E-state index contributed by atoms with van der Waals surface area (Å²) in [7, 11) is 0. The molecule has 0 amide bonds. The molecule has 112 valence electrons. The Hall–Kier alpha value is -2.45. The van der Waals surface area contributed by atoms with Crippen LogP contribution < -0.4 is 11.1 Å². The topological polar surface area (TPSA) is 101 Å². The van der Waals surface area contributed by atoms with E-state index < -0.39 is 11.8 Å². The van der Waals surface area contributed by atoms with Crippen LogP contribution in [0.1, 0.15) is 9.67 Å². The molecule has 0 bridgehead atoms. The minimum absolute atomic E-state index is 0.00399. The summed E-state index contributed by atoms with van der Waals surface area (Å²) in [5.74, 6) is -1.34. The van der Waals surface area contributed by atoms with Gasteiger partial charge in [-0.05, 0) is 18.2 Å². The predicted molar refractivity (Wildman–Crippen MR) is 83.5 cm³/mol. The number of hydrogen-bond acceptors (Lipinski definition) is 6. The maximum absolute atomic E-state index is 13.2. The first-order valence-corrected chi connectivity index (χ1v) is 7.15. The van der Waals surface area contributed by atoms with E-state index in [9.17, 15) is 9.18 Å². The van der Waals surface area contributed by atoms with Crippen LogP contribution in [0, 0.1) is 5.82 Å². The minimum Gasteiger partial charge on any atom is -0.477 e. The zero-order chi connectivity index (χ0) is 15.9. The molecule has 0 saturated carbocycles. The van der Waals surface area contributed by atoms with E-state index in [2.05, 4.69) is 15.3 Å². The van der Waals surface area contributed by atoms with Gasteiger partial charge in [-0.1, -0.05) is 11.6 Å². The van der Waals surface area contributed by atoms with Gasteiger partial charge in [0, 0.05) is 5.69 Å². The van der Waals surface area contributed by atoms with E-state index in [0.717, 1.165) is 11.3 Å². The summed E-state index contributed by atoms with van der Waals surface area (Å²) in [6.45, 7) is 0. The number of nitrogens with one attached hydrogen (secondary N) is 1. The Morgan fingerprint density at radius 3 is 2.86 bits per heavy atom. The quantitative estimate of drug-likeness (QED) is 0.675. The van der Waals surface area contributed by atoms with E-state index in [1.54, 1.807) is 0 Å². The molecule has 0 saturated heterocycles. The number of fused-ring (bicyclic) bond motifs is 1. The lowest BCUT2D eigenvalue weighted by molar-refractivity contribution is 0.0703. The second kappa shape index (κ2) is 5.39. The van der Waals surface area contributed by atoms with Crippen LogP contribution in [-0.2, 0) is 0 Å². The predicted octanol–water partition coefficient (Wildman–Crippen LogP) is 3.51. The molecule has 4 N–H and O–H groups in total. The lowest BCUT2D eigenvalue weighted by Crippen LogP contribution is -1.99. The van der Waals surface area contributed by atoms with Crippen molar-refractivity contribution in [3.05, 3.63) is 40.2 Å². The maximum Gasteiger partial charge on any atom is 0.348 e. The van der Waals surface area contributed by atoms with Crippen molar-refractivity contribution >= 4 is 56.3 Å². The summed E-state index contributed by atoms with van der Waals surface area (Å²) in [6.07, 6.45) is 1.29. The van der Waals surface area contributed by atoms with Crippen LogP contribution in [0.5, 0.6) is 0 Å². The second-order valence-electron chi connectivity index (χ2n) is 4.31. The number of benzene rings is 1. The van der Waals surface area contributed by atoms with Crippen molar-refractivity contribution in [1.82, 2.24) is 9.97 Å². The van der Waals surface area contributed by atoms with Gasteiger partial charge in [0.15, 0.2) is 0 Å². The highest BCUT2D eigenvalue weighted by Gasteiger charge is 2.19. The summed E-state index contributed by atoms with van der Waals surface area (Å²) in [6, 6.07) is 4.09. The van der Waals surface area contributed by atoms with Gasteiger partial charge in [-0.2, -0.15) is 0 Å². The summed E-state index contributed by atoms with van der Waals surface area (Å²) in [5.41, 5.74) is 6.45. The Bertz CT molecular complexity index is 899. The Labute approximate surface area is 132 Å². The SMILES string of the molecule is Nc1c(C(=O)O)sc2ncnc(Nc3ccc(F)c(Cl)c3)c12. The number of thiophene rings is 1. The fourth-order valence-electron chi connectivity index (χ4n) is 1.92. The Morgan fingerprint density at radius 2 is 2.18 bits per heavy atom. The largest absolute Gasteiger partial charge is 0.477 e. The Kier molecular flexibility index (Phi) is 3.55. The highest BCUT2D eigenvalue weighted by atomic mass is 35.5. The molecule has 2 heterocycles. The number of nitrogens with zero attached hydrogens (tertiary/aromatic N) is 2. The highest BCUT2D eigenvalue weighted by Crippen LogP contribution is 2.37. The van der Waals surface area contributed by atoms with Crippen molar-refractivity contribution in [2.24, 2.45) is 0 Å². The maximum atomic E-state index is 13.2. The summed E-state index contributed by atoms with van der Waals surface area (Å²) in [4.78, 5) is 19.7. The molecular weight excluding hydrogens is 331 g/mol. The van der Waals surface area contributed by atoms with Crippen LogP contribution in [-0.4, -0.2) is 21.0 Å². The number of rotatable bonds is 3. The molecule has 0 fully saturated rings. The number of anilines is 3. The molecule has 0 aliphatic heterocycles. The van der Waals surface area contributed by atoms with Gasteiger partial charge >= 0.3 is 5.97 Å². The molecule has 0 aliphatic carbocycles. The number of halogens is 2. The van der Waals surface area contributed by atoms with Crippen LogP contribution in [0.2, 0.25) is 5.02 Å². The first kappa shape index (κ1) is 14.5. The third-order valence-electron chi connectivity index (χ3n) is 2.90. The van der Waals surface area contributed by atoms with E-state index in [4.69, 9.17) is 22.4 Å². The smallest absolute Gasteiger partial charge is 0.348 e. The van der Waals surface area contributed by atoms with Crippen LogP contribution in [0.25, 0.3) is 10.2 Å². The first-order valence-electron chi connectivity index (χ1n) is 5.95. The van der Waals surface area contributed by atoms with Crippen molar-refractivity contribution in [2.75, 3.05) is 11.1 Å². The monoisotopic (exact) mass is 338 g/mol. The van der Waals surface area contributed by atoms with E-state index in [0.29, 0.717) is 21.7 Å². The van der Waals surface area contributed by atoms with E-state index in [1.165, 1.54) is 24.5 Å². The normalized spacial score (nSPS) is 10.8. The van der Waals surface area contributed by atoms with Crippen molar-refractivity contribution in [3.8, 4) is 0 Å². The second-order valence-corrected chi connectivity index (χ2v) is 5.71. The van der Waals surface area contributed by atoms with Crippen molar-refractivity contribution in [3.63, 3.8) is 0 Å². The fourth-order valence-corrected chi connectivity index (χ4v) is 3.00. The van der Waals surface area contributed by atoms with Crippen LogP contribution in [0.4, 0.5) is 21.6 Å². The number of carboxylic acids is 1. The molecule has 1 aromatic carbocycles. The van der Waals surface area contributed by atoms with Gasteiger partial charge in [-0.3, -0.25) is 0 Å². The molecule has 6 nitrogen and oxygen atoms in total. The van der Waals surface area contributed by atoms with Crippen LogP contribution in [0.3, 0.4) is 0 Å². The number of aromatic carboxylic acids is 1. The van der Waals surface area contributed by atoms with Gasteiger partial charge in [-0.25, -0.2) is 19.2 Å². The number of hydrogen-bond donors (Lipinski definition) is 3. The molecule has 22 heavy (non-hydrogen) atoms. The van der Waals surface area contributed by atoms with Gasteiger partial charge in [0.25, 0.3) is 0 Å². The van der Waals surface area contributed by atoms with Gasteiger partial charge in [0.05, 0.1) is 16.1 Å². The minimum atomic E-state index is -1.13. The van der Waals surface area contributed by atoms with Gasteiger partial charge in [0.2, 0.25) is 0 Å². The lowest BCUT2D eigenvalue weighted by Gasteiger charge is -2.07. The van der Waals surface area contributed by atoms with E-state index in [1.807, 2.05) is 0 Å². The van der Waals surface area contributed by atoms with Crippen LogP contribution in [0.15, 0.2) is 24.5 Å². The molecule has 3 rings (SSSR count). The van der Waals surface area contributed by atoms with Gasteiger partial charge in [0.1, 0.15) is 27.7 Å².